The number of rotatable bonds is 72. The van der Waals surface area contributed by atoms with Gasteiger partial charge in [-0.25, -0.2) is 40.7 Å². The molecule has 0 spiro atoms. The SMILES string of the molecule is CCOP(=S)(NCCOc1cc(OCCNP(=S)(OCC)OCC)c2cc1Cc1cc(c(OCCNP(=S)(OCC)OCC)cc1OCCNP(=S)(OCC)OCC)Cc1cc(c(OCCNP(=S)(OCC)OCC)cc1OCCNP(=S)(OCC)OCC)Cc1cc(c(OCCNP(=S)(OCC)OCC)cc1OCCNP(=S)(OCC)OCC)C2)OCC. The lowest BCUT2D eigenvalue weighted by atomic mass is 9.91. The molecule has 5 rings (SSSR count). The van der Waals surface area contributed by atoms with Gasteiger partial charge in [0.05, 0.1) is 106 Å². The third kappa shape index (κ3) is 41.0. The highest BCUT2D eigenvalue weighted by molar-refractivity contribution is 8.11. The van der Waals surface area contributed by atoms with E-state index < -0.39 is 53.1 Å². The van der Waals surface area contributed by atoms with E-state index in [1.54, 1.807) is 0 Å². The molecule has 32 nitrogen and oxygen atoms in total. The van der Waals surface area contributed by atoms with Crippen molar-refractivity contribution >= 4 is 148 Å². The summed E-state index contributed by atoms with van der Waals surface area (Å²) >= 11 is 47.8. The van der Waals surface area contributed by atoms with E-state index in [4.69, 9.17) is 205 Å². The third-order valence-corrected chi connectivity index (χ3v) is 39.2. The first-order valence-electron chi connectivity index (χ1n) is 42.3. The zero-order chi connectivity index (χ0) is 91.0. The van der Waals surface area contributed by atoms with E-state index in [0.717, 1.165) is 44.5 Å². The van der Waals surface area contributed by atoms with Crippen LogP contribution in [0.1, 0.15) is 155 Å². The number of nitrogens with one attached hydrogen (secondary N) is 8. The van der Waals surface area contributed by atoms with Crippen LogP contribution in [0.3, 0.4) is 0 Å². The number of ether oxygens (including phenoxy) is 8. The van der Waals surface area contributed by atoms with Crippen LogP contribution < -0.4 is 78.6 Å². The first kappa shape index (κ1) is 114. The molecule has 4 aromatic rings. The highest BCUT2D eigenvalue weighted by atomic mass is 32.5. The zero-order valence-corrected chi connectivity index (χ0v) is 88.4. The summed E-state index contributed by atoms with van der Waals surface area (Å²) in [6.45, 7) is 14.5. The molecule has 1 aliphatic rings. The highest BCUT2D eigenvalue weighted by Crippen LogP contribution is 2.51. The molecule has 712 valence electrons. The van der Waals surface area contributed by atoms with Gasteiger partial charge in [0.2, 0.25) is 0 Å². The summed E-state index contributed by atoms with van der Waals surface area (Å²) in [5.41, 5.74) is 5.79. The number of hydrogen-bond donors (Lipinski definition) is 8. The Kier molecular flexibility index (Phi) is 56.6. The lowest BCUT2D eigenvalue weighted by Gasteiger charge is -2.25. The molecule has 48 heteroatoms. The number of benzene rings is 4. The number of fused-ring (bicyclic) bond motifs is 8. The summed E-state index contributed by atoms with van der Waals surface area (Å²) in [5.74, 6) is 3.72. The lowest BCUT2D eigenvalue weighted by molar-refractivity contribution is 0.250. The van der Waals surface area contributed by atoms with Crippen LogP contribution in [0.5, 0.6) is 46.0 Å². The summed E-state index contributed by atoms with van der Waals surface area (Å²) in [5, 5.41) is 26.9. The van der Waals surface area contributed by atoms with Gasteiger partial charge in [0.1, 0.15) is 98.9 Å². The second-order valence-electron chi connectivity index (χ2n) is 25.7. The molecule has 0 amide bonds. The molecular weight excluding hydrogens is 1910 g/mol. The normalized spacial score (nSPS) is 13.2. The standard InChI is InChI=1S/C76H136N8O24P8S8/c1-17-93-109(117,94-18-2)77-33-41-85-69-57-70(86-42-34-78-110(118,95-19-3)96-20-4)62-49-61(69)53-63-50-64(72(88-44-36-80-112(120,99-23-7)100-24-8)58-71(63)87-43-35-79-111(119,97-21-5)98-22-6)55-67-52-68(76(92-48-40-84-116(124,107-31-15)108-32-16)60-75(67)91-47-39-83-115(123,105-29-13)106-30-14)56-66-51-65(54-62)73(89-45-37-81-113(121,101-25-9)102-26-10)59-74(66)90-46-38-82-114(122,103-27-11)104-28-12/h49-52,57-60H,17-48,53-56H2,1-16H3,(H,77,117)(H,78,118)(H,79,119)(H,80,120)(H,81,121)(H,82,122)(H,83,123)(H,84,124). The molecule has 0 saturated carbocycles. The van der Waals surface area contributed by atoms with Gasteiger partial charge in [0.15, 0.2) is 0 Å². The maximum absolute atomic E-state index is 7.05. The van der Waals surface area contributed by atoms with Crippen molar-refractivity contribution in [2.75, 3.05) is 211 Å². The topological polar surface area (TPSA) is 318 Å². The molecule has 4 aromatic carbocycles. The Hall–Kier alpha value is -0.480. The molecule has 8 N–H and O–H groups in total. The van der Waals surface area contributed by atoms with Gasteiger partial charge >= 0.3 is 0 Å². The Morgan fingerprint density at radius 3 is 0.363 bits per heavy atom. The van der Waals surface area contributed by atoms with E-state index in [1.807, 2.05) is 135 Å². The molecule has 0 aliphatic heterocycles. The molecule has 0 unspecified atom stereocenters. The first-order chi connectivity index (χ1) is 59.5. The molecule has 0 fully saturated rings. The Morgan fingerprint density at radius 1 is 0.177 bits per heavy atom. The quantitative estimate of drug-likeness (QED) is 0.0132. The van der Waals surface area contributed by atoms with Crippen molar-refractivity contribution in [3.8, 4) is 46.0 Å². The average Bonchev–Trinajstić information content (AvgIpc) is 0.775. The maximum Gasteiger partial charge on any atom is 0.261 e. The van der Waals surface area contributed by atoms with Gasteiger partial charge < -0.3 is 110 Å². The van der Waals surface area contributed by atoms with Crippen LogP contribution in [-0.4, -0.2) is 211 Å². The van der Waals surface area contributed by atoms with E-state index in [0.29, 0.717) is 152 Å². The average molecular weight is 2050 g/mol. The summed E-state index contributed by atoms with van der Waals surface area (Å²) in [7, 11) is 0. The van der Waals surface area contributed by atoms with E-state index >= 15 is 0 Å². The summed E-state index contributed by atoms with van der Waals surface area (Å²) < 4.78 is 153. The van der Waals surface area contributed by atoms with E-state index in [-0.39, 0.29) is 131 Å². The molecule has 1 aliphatic carbocycles. The van der Waals surface area contributed by atoms with Crippen molar-refractivity contribution in [2.45, 2.75) is 136 Å². The predicted octanol–water partition coefficient (Wildman–Crippen LogP) is 16.5. The fourth-order valence-corrected chi connectivity index (χ4v) is 29.8. The largest absolute Gasteiger partial charge is 0.492 e. The molecule has 0 aromatic heterocycles. The minimum atomic E-state index is -2.94. The van der Waals surface area contributed by atoms with E-state index in [2.05, 4.69) is 65.0 Å². The van der Waals surface area contributed by atoms with Crippen LogP contribution in [0.2, 0.25) is 0 Å². The molecular formula is C76H136N8O24P8S8. The van der Waals surface area contributed by atoms with E-state index in [9.17, 15) is 0 Å². The molecule has 0 radical (unpaired) electrons. The van der Waals surface area contributed by atoms with Crippen LogP contribution >= 0.6 is 53.1 Å². The minimum Gasteiger partial charge on any atom is -0.492 e. The van der Waals surface area contributed by atoms with Crippen LogP contribution in [0.4, 0.5) is 0 Å². The van der Waals surface area contributed by atoms with Gasteiger partial charge in [-0.05, 0) is 274 Å². The summed E-state index contributed by atoms with van der Waals surface area (Å²) in [6.07, 6.45) is 0.716. The number of hydrogen-bond acceptors (Lipinski definition) is 32. The molecule has 124 heavy (non-hydrogen) atoms. The fourth-order valence-electron chi connectivity index (χ4n) is 12.1. The lowest BCUT2D eigenvalue weighted by Crippen LogP contribution is -2.23. The van der Waals surface area contributed by atoms with Crippen molar-refractivity contribution < 1.29 is 110 Å². The van der Waals surface area contributed by atoms with Crippen LogP contribution in [0.25, 0.3) is 0 Å². The van der Waals surface area contributed by atoms with Gasteiger partial charge in [0, 0.05) is 102 Å². The van der Waals surface area contributed by atoms with Crippen molar-refractivity contribution in [1.29, 1.82) is 0 Å². The fraction of sp³-hybridized carbons (Fsp3) is 0.684. The van der Waals surface area contributed by atoms with Gasteiger partial charge in [-0.2, -0.15) is 0 Å². The molecule has 8 bridgehead atoms. The van der Waals surface area contributed by atoms with Crippen molar-refractivity contribution in [3.63, 3.8) is 0 Å². The van der Waals surface area contributed by atoms with E-state index in [1.165, 1.54) is 0 Å². The van der Waals surface area contributed by atoms with Crippen LogP contribution in [0.15, 0.2) is 48.5 Å². The molecule has 0 atom stereocenters. The Balaban J connectivity index is 2.05. The van der Waals surface area contributed by atoms with Gasteiger partial charge in [-0.1, -0.05) is 0 Å². The van der Waals surface area contributed by atoms with Crippen molar-refractivity contribution in [1.82, 2.24) is 40.7 Å². The Bertz CT molecular complexity index is 3400. The molecule has 0 saturated heterocycles. The van der Waals surface area contributed by atoms with Gasteiger partial charge in [0.25, 0.3) is 53.1 Å². The second kappa shape index (κ2) is 61.5. The molecule has 0 heterocycles. The first-order valence-corrected chi connectivity index (χ1v) is 63.4. The summed E-state index contributed by atoms with van der Waals surface area (Å²) in [6, 6.07) is 16.0. The third-order valence-electron chi connectivity index (χ3n) is 16.6. The monoisotopic (exact) mass is 2050 g/mol. The smallest absolute Gasteiger partial charge is 0.261 e. The van der Waals surface area contributed by atoms with Crippen LogP contribution in [0, 0.1) is 0 Å². The van der Waals surface area contributed by atoms with Crippen LogP contribution in [-0.2, 0) is 193 Å². The van der Waals surface area contributed by atoms with Gasteiger partial charge in [-0.3, -0.25) is 0 Å². The van der Waals surface area contributed by atoms with Crippen molar-refractivity contribution in [3.05, 3.63) is 93.0 Å². The van der Waals surface area contributed by atoms with Crippen molar-refractivity contribution in [2.24, 2.45) is 0 Å². The highest BCUT2D eigenvalue weighted by Gasteiger charge is 2.30. The Morgan fingerprint density at radius 2 is 0.274 bits per heavy atom. The zero-order valence-electron chi connectivity index (χ0n) is 74.7. The second-order valence-corrected chi connectivity index (χ2v) is 51.9. The predicted molar refractivity (Wildman–Crippen MR) is 525 cm³/mol. The maximum atomic E-state index is 7.05. The summed E-state index contributed by atoms with van der Waals surface area (Å²) in [4.78, 5) is 0. The Labute approximate surface area is 778 Å². The van der Waals surface area contributed by atoms with Gasteiger partial charge in [-0.15, -0.1) is 0 Å². The minimum absolute atomic E-state index is 0.101.